The van der Waals surface area contributed by atoms with Crippen molar-refractivity contribution in [2.24, 2.45) is 0 Å². The number of thioether (sulfide) groups is 1. The van der Waals surface area contributed by atoms with E-state index >= 15 is 0 Å². The maximum Gasteiger partial charge on any atom is 0.226 e. The van der Waals surface area contributed by atoms with Gasteiger partial charge in [0.1, 0.15) is 5.82 Å². The predicted molar refractivity (Wildman–Crippen MR) is 73.7 cm³/mol. The average molecular weight is 279 g/mol. The van der Waals surface area contributed by atoms with Gasteiger partial charge < -0.3 is 5.32 Å². The van der Waals surface area contributed by atoms with Crippen molar-refractivity contribution in [3.8, 4) is 0 Å². The number of halogens is 1. The lowest BCUT2D eigenvalue weighted by molar-refractivity contribution is -0.115. The van der Waals surface area contributed by atoms with Crippen LogP contribution in [0.3, 0.4) is 0 Å². The van der Waals surface area contributed by atoms with E-state index in [0.717, 1.165) is 5.69 Å². The van der Waals surface area contributed by atoms with Crippen LogP contribution < -0.4 is 5.32 Å². The number of rotatable bonds is 5. The van der Waals surface area contributed by atoms with Crippen molar-refractivity contribution in [1.82, 2.24) is 10.2 Å². The highest BCUT2D eigenvalue weighted by Gasteiger charge is 2.06. The van der Waals surface area contributed by atoms with E-state index in [1.54, 1.807) is 24.3 Å². The molecule has 1 aromatic heterocycles. The number of aromatic nitrogens is 2. The molecule has 6 heteroatoms. The van der Waals surface area contributed by atoms with Gasteiger partial charge in [-0.3, -0.25) is 9.89 Å². The molecule has 0 bridgehead atoms. The number of carbonyl (C=O) groups excluding carboxylic acids is 1. The number of aromatic amines is 1. The molecule has 1 heterocycles. The third-order valence-corrected chi connectivity index (χ3v) is 3.45. The molecule has 1 aromatic carbocycles. The van der Waals surface area contributed by atoms with Gasteiger partial charge in [0.25, 0.3) is 0 Å². The van der Waals surface area contributed by atoms with Gasteiger partial charge in [0.15, 0.2) is 5.82 Å². The van der Waals surface area contributed by atoms with Gasteiger partial charge >= 0.3 is 0 Å². The second-order valence-electron chi connectivity index (χ2n) is 4.01. The fourth-order valence-electron chi connectivity index (χ4n) is 1.50. The van der Waals surface area contributed by atoms with Crippen LogP contribution in [0.4, 0.5) is 10.2 Å². The van der Waals surface area contributed by atoms with Crippen LogP contribution in [-0.2, 0) is 4.79 Å². The number of benzene rings is 1. The lowest BCUT2D eigenvalue weighted by atomic mass is 10.3. The van der Waals surface area contributed by atoms with Crippen LogP contribution in [0.2, 0.25) is 0 Å². The van der Waals surface area contributed by atoms with Crippen molar-refractivity contribution in [2.75, 3.05) is 11.1 Å². The summed E-state index contributed by atoms with van der Waals surface area (Å²) in [6.45, 7) is 1.86. The van der Waals surface area contributed by atoms with Crippen molar-refractivity contribution in [2.45, 2.75) is 18.2 Å². The van der Waals surface area contributed by atoms with E-state index in [4.69, 9.17) is 0 Å². The van der Waals surface area contributed by atoms with Crippen molar-refractivity contribution < 1.29 is 9.18 Å². The first-order valence-electron chi connectivity index (χ1n) is 5.84. The molecule has 2 rings (SSSR count). The van der Waals surface area contributed by atoms with Crippen LogP contribution >= 0.6 is 11.8 Å². The highest BCUT2D eigenvalue weighted by molar-refractivity contribution is 7.99. The van der Waals surface area contributed by atoms with E-state index < -0.39 is 0 Å². The second kappa shape index (κ2) is 6.38. The minimum absolute atomic E-state index is 0.129. The fourth-order valence-corrected chi connectivity index (χ4v) is 2.39. The number of carbonyl (C=O) groups is 1. The van der Waals surface area contributed by atoms with Gasteiger partial charge in [0, 0.05) is 28.8 Å². The Kier molecular flexibility index (Phi) is 4.57. The Bertz CT molecular complexity index is 571. The smallest absolute Gasteiger partial charge is 0.226 e. The zero-order valence-electron chi connectivity index (χ0n) is 10.4. The predicted octanol–water partition coefficient (Wildman–Crippen LogP) is 2.98. The molecule has 2 N–H and O–H groups in total. The second-order valence-corrected chi connectivity index (χ2v) is 5.15. The largest absolute Gasteiger partial charge is 0.309 e. The summed E-state index contributed by atoms with van der Waals surface area (Å²) >= 11 is 1.33. The Balaban J connectivity index is 1.77. The monoisotopic (exact) mass is 279 g/mol. The molecule has 0 saturated carbocycles. The third kappa shape index (κ3) is 4.10. The molecule has 0 atom stereocenters. The highest BCUT2D eigenvalue weighted by atomic mass is 32.2. The first-order valence-corrected chi connectivity index (χ1v) is 6.83. The normalized spacial score (nSPS) is 10.4. The van der Waals surface area contributed by atoms with Crippen molar-refractivity contribution in [3.63, 3.8) is 0 Å². The quantitative estimate of drug-likeness (QED) is 0.827. The lowest BCUT2D eigenvalue weighted by Crippen LogP contribution is -2.12. The Morgan fingerprint density at radius 1 is 1.47 bits per heavy atom. The Labute approximate surface area is 114 Å². The number of anilines is 1. The van der Waals surface area contributed by atoms with Gasteiger partial charge in [0.05, 0.1) is 0 Å². The molecule has 1 amide bonds. The molecule has 0 aliphatic rings. The standard InChI is InChI=1S/C13H14FN3OS/c1-9-8-12(17-16-9)15-13(18)6-7-19-11-5-3-2-4-10(11)14/h2-5,8H,6-7H2,1H3,(H2,15,16,17,18). The van der Waals surface area contributed by atoms with E-state index in [9.17, 15) is 9.18 Å². The lowest BCUT2D eigenvalue weighted by Gasteiger charge is -2.03. The van der Waals surface area contributed by atoms with Crippen LogP contribution in [0.5, 0.6) is 0 Å². The van der Waals surface area contributed by atoms with Gasteiger partial charge in [0.2, 0.25) is 5.91 Å². The highest BCUT2D eigenvalue weighted by Crippen LogP contribution is 2.21. The molecule has 0 saturated heterocycles. The minimum atomic E-state index is -0.254. The molecular formula is C13H14FN3OS. The van der Waals surface area contributed by atoms with Crippen molar-refractivity contribution in [1.29, 1.82) is 0 Å². The van der Waals surface area contributed by atoms with Gasteiger partial charge in [-0.1, -0.05) is 12.1 Å². The van der Waals surface area contributed by atoms with Gasteiger partial charge in [-0.15, -0.1) is 11.8 Å². The summed E-state index contributed by atoms with van der Waals surface area (Å²) in [6, 6.07) is 8.29. The number of nitrogens with one attached hydrogen (secondary N) is 2. The number of aryl methyl sites for hydroxylation is 1. The van der Waals surface area contributed by atoms with Crippen molar-refractivity contribution >= 4 is 23.5 Å². The maximum absolute atomic E-state index is 13.3. The number of nitrogens with zero attached hydrogens (tertiary/aromatic N) is 1. The van der Waals surface area contributed by atoms with Crippen LogP contribution in [0.1, 0.15) is 12.1 Å². The maximum atomic E-state index is 13.3. The molecular weight excluding hydrogens is 265 g/mol. The van der Waals surface area contributed by atoms with Gasteiger partial charge in [-0.25, -0.2) is 4.39 Å². The molecule has 0 unspecified atom stereocenters. The van der Waals surface area contributed by atoms with Crippen LogP contribution in [0, 0.1) is 12.7 Å². The van der Waals surface area contributed by atoms with E-state index in [1.807, 2.05) is 6.92 Å². The summed E-state index contributed by atoms with van der Waals surface area (Å²) in [7, 11) is 0. The first-order chi connectivity index (χ1) is 9.15. The number of H-pyrrole nitrogens is 1. The molecule has 4 nitrogen and oxygen atoms in total. The number of hydrogen-bond donors (Lipinski definition) is 2. The molecule has 19 heavy (non-hydrogen) atoms. The molecule has 0 aliphatic heterocycles. The zero-order valence-corrected chi connectivity index (χ0v) is 11.3. The molecule has 100 valence electrons. The first kappa shape index (κ1) is 13.6. The van der Waals surface area contributed by atoms with Crippen molar-refractivity contribution in [3.05, 3.63) is 41.8 Å². The summed E-state index contributed by atoms with van der Waals surface area (Å²) in [5, 5.41) is 9.33. The number of amides is 1. The third-order valence-electron chi connectivity index (χ3n) is 2.40. The summed E-state index contributed by atoms with van der Waals surface area (Å²) < 4.78 is 13.3. The van der Waals surface area contributed by atoms with E-state index in [1.165, 1.54) is 17.8 Å². The average Bonchev–Trinajstić information content (AvgIpc) is 2.77. The summed E-state index contributed by atoms with van der Waals surface area (Å²) in [4.78, 5) is 12.2. The molecule has 0 spiro atoms. The molecule has 0 aliphatic carbocycles. The summed E-state index contributed by atoms with van der Waals surface area (Å²) in [5.41, 5.74) is 0.885. The SMILES string of the molecule is Cc1cc(NC(=O)CCSc2ccccc2F)n[nH]1. The molecule has 2 aromatic rings. The van der Waals surface area contributed by atoms with E-state index in [2.05, 4.69) is 15.5 Å². The van der Waals surface area contributed by atoms with E-state index in [-0.39, 0.29) is 11.7 Å². The summed E-state index contributed by atoms with van der Waals surface area (Å²) in [6.07, 6.45) is 0.310. The van der Waals surface area contributed by atoms with Gasteiger partial charge in [-0.2, -0.15) is 5.10 Å². The van der Waals surface area contributed by atoms with Crippen LogP contribution in [0.25, 0.3) is 0 Å². The minimum Gasteiger partial charge on any atom is -0.309 e. The summed E-state index contributed by atoms with van der Waals surface area (Å²) in [5.74, 6) is 0.653. The van der Waals surface area contributed by atoms with E-state index in [0.29, 0.717) is 22.9 Å². The Morgan fingerprint density at radius 2 is 2.26 bits per heavy atom. The Morgan fingerprint density at radius 3 is 2.95 bits per heavy atom. The number of hydrogen-bond acceptors (Lipinski definition) is 3. The molecule has 0 fully saturated rings. The molecule has 0 radical (unpaired) electrons. The fraction of sp³-hybridized carbons (Fsp3) is 0.231. The van der Waals surface area contributed by atoms with Crippen LogP contribution in [0.15, 0.2) is 35.2 Å². The van der Waals surface area contributed by atoms with Gasteiger partial charge in [-0.05, 0) is 19.1 Å². The Hall–Kier alpha value is -1.82. The van der Waals surface area contributed by atoms with Crippen LogP contribution in [-0.4, -0.2) is 21.9 Å². The topological polar surface area (TPSA) is 57.8 Å². The zero-order chi connectivity index (χ0) is 13.7.